The Kier molecular flexibility index (Phi) is 5.04. The molecule has 0 aliphatic carbocycles. The second-order valence-corrected chi connectivity index (χ2v) is 7.62. The van der Waals surface area contributed by atoms with Crippen molar-refractivity contribution in [1.82, 2.24) is 4.90 Å². The van der Waals surface area contributed by atoms with Gasteiger partial charge in [0.15, 0.2) is 0 Å². The Morgan fingerprint density at radius 3 is 2.80 bits per heavy atom. The SMILES string of the molecule is O=C(c1ccc(OC[C@H]2CCCO2)cc1)N1CCC[C@@H]1c1cccs1. The second-order valence-electron chi connectivity index (χ2n) is 6.64. The Morgan fingerprint density at radius 1 is 1.20 bits per heavy atom. The van der Waals surface area contributed by atoms with Gasteiger partial charge in [0.25, 0.3) is 5.91 Å². The van der Waals surface area contributed by atoms with Gasteiger partial charge in [-0.25, -0.2) is 0 Å². The van der Waals surface area contributed by atoms with E-state index in [0.29, 0.717) is 6.61 Å². The summed E-state index contributed by atoms with van der Waals surface area (Å²) in [5.41, 5.74) is 0.730. The van der Waals surface area contributed by atoms with E-state index >= 15 is 0 Å². The van der Waals surface area contributed by atoms with Crippen molar-refractivity contribution in [2.24, 2.45) is 0 Å². The van der Waals surface area contributed by atoms with E-state index in [4.69, 9.17) is 9.47 Å². The molecule has 0 unspecified atom stereocenters. The van der Waals surface area contributed by atoms with Gasteiger partial charge >= 0.3 is 0 Å². The first-order valence-corrected chi connectivity index (χ1v) is 9.88. The zero-order valence-electron chi connectivity index (χ0n) is 14.2. The minimum atomic E-state index is 0.113. The predicted octanol–water partition coefficient (Wildman–Crippen LogP) is 4.28. The van der Waals surface area contributed by atoms with Gasteiger partial charge < -0.3 is 14.4 Å². The number of hydrogen-bond donors (Lipinski definition) is 0. The number of ether oxygens (including phenoxy) is 2. The minimum Gasteiger partial charge on any atom is -0.491 e. The highest BCUT2D eigenvalue weighted by Gasteiger charge is 2.31. The van der Waals surface area contributed by atoms with Crippen molar-refractivity contribution in [3.63, 3.8) is 0 Å². The number of carbonyl (C=O) groups is 1. The molecule has 1 amide bonds. The maximum atomic E-state index is 12.9. The summed E-state index contributed by atoms with van der Waals surface area (Å²) in [6.07, 6.45) is 4.50. The van der Waals surface area contributed by atoms with Gasteiger partial charge in [-0.15, -0.1) is 11.3 Å². The molecular formula is C20H23NO3S. The molecule has 5 heteroatoms. The van der Waals surface area contributed by atoms with Gasteiger partial charge in [-0.05, 0) is 61.4 Å². The number of benzene rings is 1. The van der Waals surface area contributed by atoms with Gasteiger partial charge in [0, 0.05) is 23.6 Å². The molecule has 0 radical (unpaired) electrons. The van der Waals surface area contributed by atoms with Gasteiger partial charge in [0.1, 0.15) is 12.4 Å². The molecule has 2 fully saturated rings. The van der Waals surface area contributed by atoms with Gasteiger partial charge in [-0.3, -0.25) is 4.79 Å². The highest BCUT2D eigenvalue weighted by Crippen LogP contribution is 2.35. The maximum absolute atomic E-state index is 12.9. The number of amides is 1. The van der Waals surface area contributed by atoms with Gasteiger partial charge in [-0.2, -0.15) is 0 Å². The van der Waals surface area contributed by atoms with E-state index < -0.39 is 0 Å². The first-order chi connectivity index (χ1) is 12.3. The zero-order valence-corrected chi connectivity index (χ0v) is 15.0. The van der Waals surface area contributed by atoms with Crippen LogP contribution in [0.3, 0.4) is 0 Å². The predicted molar refractivity (Wildman–Crippen MR) is 98.2 cm³/mol. The van der Waals surface area contributed by atoms with Crippen LogP contribution < -0.4 is 4.74 Å². The summed E-state index contributed by atoms with van der Waals surface area (Å²) in [5.74, 6) is 0.907. The van der Waals surface area contributed by atoms with Crippen molar-refractivity contribution in [3.8, 4) is 5.75 Å². The third-order valence-electron chi connectivity index (χ3n) is 4.95. The fraction of sp³-hybridized carbons (Fsp3) is 0.450. The van der Waals surface area contributed by atoms with Crippen LogP contribution in [0.2, 0.25) is 0 Å². The van der Waals surface area contributed by atoms with Crippen molar-refractivity contribution in [2.45, 2.75) is 37.8 Å². The van der Waals surface area contributed by atoms with Gasteiger partial charge in [-0.1, -0.05) is 6.07 Å². The Morgan fingerprint density at radius 2 is 2.08 bits per heavy atom. The summed E-state index contributed by atoms with van der Waals surface area (Å²) in [6.45, 7) is 2.25. The van der Waals surface area contributed by atoms with Crippen LogP contribution >= 0.6 is 11.3 Å². The quantitative estimate of drug-likeness (QED) is 0.801. The average molecular weight is 357 g/mol. The van der Waals surface area contributed by atoms with Crippen LogP contribution in [0.25, 0.3) is 0 Å². The lowest BCUT2D eigenvalue weighted by Crippen LogP contribution is -2.30. The Labute approximate surface area is 152 Å². The Balaban J connectivity index is 1.39. The van der Waals surface area contributed by atoms with E-state index in [0.717, 1.165) is 50.1 Å². The van der Waals surface area contributed by atoms with E-state index in [9.17, 15) is 4.79 Å². The number of likely N-dealkylation sites (tertiary alicyclic amines) is 1. The Bertz CT molecular complexity index is 692. The molecule has 0 bridgehead atoms. The third kappa shape index (κ3) is 3.72. The van der Waals surface area contributed by atoms with E-state index in [1.165, 1.54) is 4.88 Å². The van der Waals surface area contributed by atoms with E-state index in [1.54, 1.807) is 11.3 Å². The molecule has 4 nitrogen and oxygen atoms in total. The molecular weight excluding hydrogens is 334 g/mol. The molecule has 2 aliphatic heterocycles. The molecule has 25 heavy (non-hydrogen) atoms. The summed E-state index contributed by atoms with van der Waals surface area (Å²) in [7, 11) is 0. The van der Waals surface area contributed by atoms with Crippen molar-refractivity contribution in [2.75, 3.05) is 19.8 Å². The lowest BCUT2D eigenvalue weighted by atomic mass is 10.1. The van der Waals surface area contributed by atoms with Gasteiger partial charge in [0.05, 0.1) is 12.1 Å². The van der Waals surface area contributed by atoms with E-state index in [2.05, 4.69) is 17.5 Å². The largest absolute Gasteiger partial charge is 0.491 e. The van der Waals surface area contributed by atoms with Crippen molar-refractivity contribution in [1.29, 1.82) is 0 Å². The molecule has 1 aromatic carbocycles. The minimum absolute atomic E-state index is 0.113. The molecule has 4 rings (SSSR count). The topological polar surface area (TPSA) is 38.8 Å². The molecule has 1 aromatic heterocycles. The monoisotopic (exact) mass is 357 g/mol. The molecule has 2 aromatic rings. The van der Waals surface area contributed by atoms with E-state index in [1.807, 2.05) is 29.2 Å². The molecule has 0 N–H and O–H groups in total. The summed E-state index contributed by atoms with van der Waals surface area (Å²) < 4.78 is 11.3. The zero-order chi connectivity index (χ0) is 17.1. The fourth-order valence-electron chi connectivity index (χ4n) is 3.61. The summed E-state index contributed by atoms with van der Waals surface area (Å²) in [5, 5.41) is 2.08. The van der Waals surface area contributed by atoms with Crippen LogP contribution in [-0.2, 0) is 4.74 Å². The number of thiophene rings is 1. The molecule has 132 valence electrons. The lowest BCUT2D eigenvalue weighted by Gasteiger charge is -2.24. The maximum Gasteiger partial charge on any atom is 0.254 e. The lowest BCUT2D eigenvalue weighted by molar-refractivity contribution is 0.0678. The van der Waals surface area contributed by atoms with Crippen LogP contribution in [0.15, 0.2) is 41.8 Å². The first-order valence-electron chi connectivity index (χ1n) is 9.00. The summed E-state index contributed by atoms with van der Waals surface area (Å²) in [4.78, 5) is 16.2. The normalized spacial score (nSPS) is 23.1. The van der Waals surface area contributed by atoms with E-state index in [-0.39, 0.29) is 18.1 Å². The molecule has 0 spiro atoms. The van der Waals surface area contributed by atoms with Crippen LogP contribution in [0.5, 0.6) is 5.75 Å². The molecule has 3 heterocycles. The molecule has 2 aliphatic rings. The highest BCUT2D eigenvalue weighted by atomic mass is 32.1. The molecule has 2 saturated heterocycles. The Hall–Kier alpha value is -1.85. The average Bonchev–Trinajstić information content (AvgIpc) is 3.41. The van der Waals surface area contributed by atoms with Crippen LogP contribution in [-0.4, -0.2) is 36.7 Å². The van der Waals surface area contributed by atoms with Gasteiger partial charge in [0.2, 0.25) is 0 Å². The van der Waals surface area contributed by atoms with Crippen LogP contribution in [0.1, 0.15) is 47.0 Å². The third-order valence-corrected chi connectivity index (χ3v) is 5.92. The molecule has 2 atom stereocenters. The number of hydrogen-bond acceptors (Lipinski definition) is 4. The van der Waals surface area contributed by atoms with Crippen molar-refractivity contribution in [3.05, 3.63) is 52.2 Å². The number of carbonyl (C=O) groups excluding carboxylic acids is 1. The fourth-order valence-corrected chi connectivity index (χ4v) is 4.48. The summed E-state index contributed by atoms with van der Waals surface area (Å²) >= 11 is 1.73. The second kappa shape index (κ2) is 7.58. The van der Waals surface area contributed by atoms with Crippen LogP contribution in [0, 0.1) is 0 Å². The first kappa shape index (κ1) is 16.6. The number of rotatable bonds is 5. The standard InChI is InChI=1S/C20H23NO3S/c22-20(21-11-1-5-18(21)19-6-3-13-25-19)15-7-9-16(10-8-15)24-14-17-4-2-12-23-17/h3,6-10,13,17-18H,1-2,4-5,11-12,14H2/t17-,18-/m1/s1. The molecule has 0 saturated carbocycles. The summed E-state index contributed by atoms with van der Waals surface area (Å²) in [6, 6.07) is 11.9. The van der Waals surface area contributed by atoms with Crippen molar-refractivity contribution < 1.29 is 14.3 Å². The van der Waals surface area contributed by atoms with Crippen molar-refractivity contribution >= 4 is 17.2 Å². The van der Waals surface area contributed by atoms with Crippen LogP contribution in [0.4, 0.5) is 0 Å². The highest BCUT2D eigenvalue weighted by molar-refractivity contribution is 7.10. The smallest absolute Gasteiger partial charge is 0.254 e. The number of nitrogens with zero attached hydrogens (tertiary/aromatic N) is 1.